The first-order valence-corrected chi connectivity index (χ1v) is 8.29. The average molecular weight is 317 g/mol. The molecule has 0 atom stereocenters. The van der Waals surface area contributed by atoms with E-state index in [1.807, 2.05) is 23.1 Å². The molecule has 0 radical (unpaired) electrons. The molecule has 1 fully saturated rings. The van der Waals surface area contributed by atoms with E-state index in [0.29, 0.717) is 24.2 Å². The number of nitrogens with zero attached hydrogens (tertiary/aromatic N) is 2. The minimum Gasteiger partial charge on any atom is -0.406 e. The van der Waals surface area contributed by atoms with E-state index in [-0.39, 0.29) is 11.8 Å². The predicted molar refractivity (Wildman–Crippen MR) is 89.7 cm³/mol. The molecule has 0 bridgehead atoms. The summed E-state index contributed by atoms with van der Waals surface area (Å²) in [7, 11) is 0. The summed E-state index contributed by atoms with van der Waals surface area (Å²) in [5.41, 5.74) is 2.22. The van der Waals surface area contributed by atoms with Gasteiger partial charge in [-0.05, 0) is 25.0 Å². The van der Waals surface area contributed by atoms with Gasteiger partial charge in [-0.25, -0.2) is 4.79 Å². The Bertz CT molecular complexity index is 737. The van der Waals surface area contributed by atoms with Gasteiger partial charge < -0.3 is 14.2 Å². The van der Waals surface area contributed by atoms with Crippen LogP contribution in [0.4, 0.5) is 5.69 Å². The molecule has 6 heteroatoms. The Morgan fingerprint density at radius 1 is 1.22 bits per heavy atom. The summed E-state index contributed by atoms with van der Waals surface area (Å²) in [5.74, 6) is -0.0382. The van der Waals surface area contributed by atoms with Gasteiger partial charge in [0, 0.05) is 32.1 Å². The zero-order valence-corrected chi connectivity index (χ0v) is 13.7. The van der Waals surface area contributed by atoms with Crippen LogP contribution in [-0.4, -0.2) is 42.0 Å². The monoisotopic (exact) mass is 317 g/mol. The van der Waals surface area contributed by atoms with Gasteiger partial charge in [0.25, 0.3) is 0 Å². The number of benzene rings is 1. The van der Waals surface area contributed by atoms with Crippen molar-refractivity contribution < 1.29 is 9.21 Å². The number of piperazine rings is 1. The zero-order valence-electron chi connectivity index (χ0n) is 13.7. The highest BCUT2D eigenvalue weighted by atomic mass is 16.4. The summed E-state index contributed by atoms with van der Waals surface area (Å²) in [5, 5.41) is 0. The van der Waals surface area contributed by atoms with E-state index in [9.17, 15) is 9.59 Å². The number of hydrogen-bond acceptors (Lipinski definition) is 4. The summed E-state index contributed by atoms with van der Waals surface area (Å²) in [6.07, 6.45) is 1.78. The average Bonchev–Trinajstić information content (AvgIpc) is 2.96. The largest absolute Gasteiger partial charge is 0.417 e. The summed E-state index contributed by atoms with van der Waals surface area (Å²) < 4.78 is 5.27. The molecule has 1 aliphatic rings. The molecule has 0 saturated carbocycles. The first kappa shape index (κ1) is 15.6. The standard InChI is InChI=1S/C17H23N3O3/c1-3-12(4-2)16(21)20-10-8-19(9-11-20)14-7-5-6-13-15(14)23-17(22)18-13/h5-7,12H,3-4,8-11H2,1-2H3,(H,18,22). The number of anilines is 1. The van der Waals surface area contributed by atoms with Gasteiger partial charge in [-0.3, -0.25) is 9.78 Å². The van der Waals surface area contributed by atoms with Crippen molar-refractivity contribution in [1.29, 1.82) is 0 Å². The molecule has 6 nitrogen and oxygen atoms in total. The van der Waals surface area contributed by atoms with E-state index in [2.05, 4.69) is 23.7 Å². The van der Waals surface area contributed by atoms with Crippen LogP contribution in [0.25, 0.3) is 11.1 Å². The normalized spacial score (nSPS) is 15.6. The number of rotatable bonds is 4. The number of para-hydroxylation sites is 1. The maximum Gasteiger partial charge on any atom is 0.417 e. The highest BCUT2D eigenvalue weighted by Crippen LogP contribution is 2.26. The topological polar surface area (TPSA) is 69.6 Å². The minimum atomic E-state index is -0.435. The zero-order chi connectivity index (χ0) is 16.4. The number of carbonyl (C=O) groups is 1. The van der Waals surface area contributed by atoms with Crippen LogP contribution in [0.3, 0.4) is 0 Å². The Morgan fingerprint density at radius 2 is 1.91 bits per heavy atom. The van der Waals surface area contributed by atoms with E-state index in [1.54, 1.807) is 0 Å². The first-order chi connectivity index (χ1) is 11.1. The lowest BCUT2D eigenvalue weighted by Crippen LogP contribution is -2.50. The Kier molecular flexibility index (Phi) is 4.41. The molecule has 1 N–H and O–H groups in total. The van der Waals surface area contributed by atoms with Crippen LogP contribution in [0.2, 0.25) is 0 Å². The molecule has 23 heavy (non-hydrogen) atoms. The minimum absolute atomic E-state index is 0.132. The third-order valence-corrected chi connectivity index (χ3v) is 4.69. The van der Waals surface area contributed by atoms with E-state index in [4.69, 9.17) is 4.42 Å². The van der Waals surface area contributed by atoms with Crippen molar-refractivity contribution in [3.05, 3.63) is 28.7 Å². The SMILES string of the molecule is CCC(CC)C(=O)N1CCN(c2cccc3[nH]c(=O)oc23)CC1. The van der Waals surface area contributed by atoms with Crippen LogP contribution in [0.5, 0.6) is 0 Å². The van der Waals surface area contributed by atoms with Gasteiger partial charge in [0.2, 0.25) is 5.91 Å². The number of oxazole rings is 1. The summed E-state index contributed by atoms with van der Waals surface area (Å²) in [6, 6.07) is 5.69. The molecule has 0 aliphatic carbocycles. The second-order valence-corrected chi connectivity index (χ2v) is 5.99. The molecular formula is C17H23N3O3. The number of aromatic amines is 1. The molecule has 2 aromatic rings. The Labute approximate surface area is 135 Å². The second kappa shape index (κ2) is 6.48. The maximum atomic E-state index is 12.5. The van der Waals surface area contributed by atoms with Gasteiger partial charge in [0.1, 0.15) is 0 Å². The lowest BCUT2D eigenvalue weighted by Gasteiger charge is -2.37. The van der Waals surface area contributed by atoms with Gasteiger partial charge in [0.15, 0.2) is 5.58 Å². The van der Waals surface area contributed by atoms with Crippen molar-refractivity contribution in [3.63, 3.8) is 0 Å². The smallest absolute Gasteiger partial charge is 0.406 e. The molecule has 1 aromatic carbocycles. The number of nitrogens with one attached hydrogen (secondary N) is 1. The van der Waals surface area contributed by atoms with E-state index in [0.717, 1.165) is 31.6 Å². The van der Waals surface area contributed by atoms with E-state index >= 15 is 0 Å². The number of fused-ring (bicyclic) bond motifs is 1. The van der Waals surface area contributed by atoms with E-state index < -0.39 is 5.76 Å². The fourth-order valence-electron chi connectivity index (χ4n) is 3.27. The van der Waals surface area contributed by atoms with Gasteiger partial charge in [-0.2, -0.15) is 0 Å². The van der Waals surface area contributed by atoms with Crippen LogP contribution in [-0.2, 0) is 4.79 Å². The second-order valence-electron chi connectivity index (χ2n) is 5.99. The molecule has 124 valence electrons. The third-order valence-electron chi connectivity index (χ3n) is 4.69. The molecule has 1 saturated heterocycles. The van der Waals surface area contributed by atoms with Gasteiger partial charge >= 0.3 is 5.76 Å². The first-order valence-electron chi connectivity index (χ1n) is 8.29. The molecule has 2 heterocycles. The van der Waals surface area contributed by atoms with Gasteiger partial charge in [0.05, 0.1) is 11.2 Å². The van der Waals surface area contributed by atoms with E-state index in [1.165, 1.54) is 0 Å². The molecule has 1 aromatic heterocycles. The van der Waals surface area contributed by atoms with Crippen molar-refractivity contribution >= 4 is 22.7 Å². The number of H-pyrrole nitrogens is 1. The van der Waals surface area contributed by atoms with Crippen LogP contribution >= 0.6 is 0 Å². The number of aromatic nitrogens is 1. The predicted octanol–water partition coefficient (Wildman–Crippen LogP) is 2.21. The summed E-state index contributed by atoms with van der Waals surface area (Å²) in [4.78, 5) is 30.7. The summed E-state index contributed by atoms with van der Waals surface area (Å²) in [6.45, 7) is 7.05. The number of amides is 1. The number of hydrogen-bond donors (Lipinski definition) is 1. The highest BCUT2D eigenvalue weighted by molar-refractivity contribution is 5.86. The summed E-state index contributed by atoms with van der Waals surface area (Å²) >= 11 is 0. The van der Waals surface area contributed by atoms with Crippen molar-refractivity contribution in [3.8, 4) is 0 Å². The Hall–Kier alpha value is -2.24. The molecule has 1 aliphatic heterocycles. The Balaban J connectivity index is 1.73. The van der Waals surface area contributed by atoms with Crippen LogP contribution in [0.15, 0.2) is 27.4 Å². The van der Waals surface area contributed by atoms with Crippen LogP contribution < -0.4 is 10.7 Å². The van der Waals surface area contributed by atoms with Crippen molar-refractivity contribution in [2.24, 2.45) is 5.92 Å². The van der Waals surface area contributed by atoms with Gasteiger partial charge in [-0.15, -0.1) is 0 Å². The molecule has 0 spiro atoms. The van der Waals surface area contributed by atoms with Crippen molar-refractivity contribution in [1.82, 2.24) is 9.88 Å². The van der Waals surface area contributed by atoms with Crippen LogP contribution in [0, 0.1) is 5.92 Å². The van der Waals surface area contributed by atoms with Crippen molar-refractivity contribution in [2.75, 3.05) is 31.1 Å². The molecule has 0 unspecified atom stereocenters. The quantitative estimate of drug-likeness (QED) is 0.938. The molecule has 3 rings (SSSR count). The number of carbonyl (C=O) groups excluding carboxylic acids is 1. The third kappa shape index (κ3) is 2.98. The van der Waals surface area contributed by atoms with Crippen LogP contribution in [0.1, 0.15) is 26.7 Å². The fourth-order valence-corrected chi connectivity index (χ4v) is 3.27. The molecule has 1 amide bonds. The highest BCUT2D eigenvalue weighted by Gasteiger charge is 2.26. The van der Waals surface area contributed by atoms with Gasteiger partial charge in [-0.1, -0.05) is 19.9 Å². The Morgan fingerprint density at radius 3 is 2.57 bits per heavy atom. The lowest BCUT2D eigenvalue weighted by molar-refractivity contribution is -0.136. The van der Waals surface area contributed by atoms with Crippen molar-refractivity contribution in [2.45, 2.75) is 26.7 Å². The fraction of sp³-hybridized carbons (Fsp3) is 0.529. The maximum absolute atomic E-state index is 12.5. The molecular weight excluding hydrogens is 294 g/mol. The lowest BCUT2D eigenvalue weighted by atomic mass is 10.0.